The lowest BCUT2D eigenvalue weighted by Crippen LogP contribution is -2.43. The molecule has 9 nitrogen and oxygen atoms in total. The number of imide groups is 2. The van der Waals surface area contributed by atoms with Gasteiger partial charge in [-0.25, -0.2) is 14.6 Å². The van der Waals surface area contributed by atoms with Crippen molar-refractivity contribution in [1.82, 2.24) is 10.2 Å². The minimum Gasteiger partial charge on any atom is -0.490 e. The van der Waals surface area contributed by atoms with Crippen LogP contribution in [0.2, 0.25) is 0 Å². The van der Waals surface area contributed by atoms with Crippen LogP contribution in [-0.2, 0) is 14.4 Å². The van der Waals surface area contributed by atoms with Gasteiger partial charge in [0.1, 0.15) is 6.54 Å². The number of nitrogens with zero attached hydrogens (tertiary/aromatic N) is 2. The zero-order valence-electron chi connectivity index (χ0n) is 19.4. The molecular formula is C25H27N3O6. The predicted molar refractivity (Wildman–Crippen MR) is 124 cm³/mol. The Bertz CT molecular complexity index is 1130. The summed E-state index contributed by atoms with van der Waals surface area (Å²) in [5.41, 5.74) is 2.04. The Morgan fingerprint density at radius 2 is 1.65 bits per heavy atom. The predicted octanol–water partition coefficient (Wildman–Crippen LogP) is 2.97. The molecule has 9 heteroatoms. The summed E-state index contributed by atoms with van der Waals surface area (Å²) >= 11 is 0. The van der Waals surface area contributed by atoms with E-state index in [2.05, 4.69) is 5.32 Å². The highest BCUT2D eigenvalue weighted by Gasteiger charge is 2.46. The van der Waals surface area contributed by atoms with Crippen molar-refractivity contribution in [3.63, 3.8) is 0 Å². The first-order valence-electron chi connectivity index (χ1n) is 11.2. The lowest BCUT2D eigenvalue weighted by atomic mass is 9.95. The standard InChI is InChI=1S/C25H27N3O6/c1-15(2)22(17-7-10-19-20(13-17)34-12-4-11-33-19)26-21(29)14-27-23(30)24(31)28(25(27)32)18-8-5-16(3)6-9-18/h5-10,13,15,22H,4,11-12,14H2,1-3H3,(H,26,29)/t22-/m1/s1. The fourth-order valence-corrected chi connectivity index (χ4v) is 3.94. The first-order valence-corrected chi connectivity index (χ1v) is 11.2. The molecule has 0 spiro atoms. The van der Waals surface area contributed by atoms with Gasteiger partial charge in [0.25, 0.3) is 0 Å². The fraction of sp³-hybridized carbons (Fsp3) is 0.360. The zero-order chi connectivity index (χ0) is 24.4. The number of nitrogens with one attached hydrogen (secondary N) is 1. The maximum absolute atomic E-state index is 12.9. The first kappa shape index (κ1) is 23.3. The highest BCUT2D eigenvalue weighted by Crippen LogP contribution is 2.34. The largest absolute Gasteiger partial charge is 0.490 e. The van der Waals surface area contributed by atoms with Crippen molar-refractivity contribution in [3.05, 3.63) is 53.6 Å². The molecule has 2 heterocycles. The molecule has 1 atom stereocenters. The van der Waals surface area contributed by atoms with Crippen LogP contribution in [0.3, 0.4) is 0 Å². The van der Waals surface area contributed by atoms with Crippen LogP contribution in [0, 0.1) is 12.8 Å². The summed E-state index contributed by atoms with van der Waals surface area (Å²) in [6, 6.07) is 10.9. The van der Waals surface area contributed by atoms with E-state index in [4.69, 9.17) is 9.47 Å². The second-order valence-electron chi connectivity index (χ2n) is 8.70. The summed E-state index contributed by atoms with van der Waals surface area (Å²) in [7, 11) is 0. The zero-order valence-corrected chi connectivity index (χ0v) is 19.4. The van der Waals surface area contributed by atoms with Crippen molar-refractivity contribution in [1.29, 1.82) is 0 Å². The van der Waals surface area contributed by atoms with E-state index in [1.165, 1.54) is 0 Å². The van der Waals surface area contributed by atoms with Gasteiger partial charge in [-0.05, 0) is 42.7 Å². The molecule has 0 aromatic heterocycles. The minimum absolute atomic E-state index is 0.00404. The molecule has 2 aromatic rings. The molecule has 1 fully saturated rings. The minimum atomic E-state index is -1.03. The van der Waals surface area contributed by atoms with Gasteiger partial charge in [0.05, 0.1) is 24.9 Å². The van der Waals surface area contributed by atoms with Crippen LogP contribution < -0.4 is 19.7 Å². The van der Waals surface area contributed by atoms with Crippen LogP contribution in [0.15, 0.2) is 42.5 Å². The van der Waals surface area contributed by atoms with E-state index < -0.39 is 36.3 Å². The topological polar surface area (TPSA) is 105 Å². The smallest absolute Gasteiger partial charge is 0.339 e. The Balaban J connectivity index is 1.49. The van der Waals surface area contributed by atoms with Gasteiger partial charge in [0, 0.05) is 6.42 Å². The highest BCUT2D eigenvalue weighted by atomic mass is 16.5. The van der Waals surface area contributed by atoms with Crippen LogP contribution in [0.4, 0.5) is 10.5 Å². The Labute approximate surface area is 197 Å². The summed E-state index contributed by atoms with van der Waals surface area (Å²) in [6.45, 7) is 6.32. The van der Waals surface area contributed by atoms with E-state index in [-0.39, 0.29) is 11.6 Å². The molecule has 2 aromatic carbocycles. The quantitative estimate of drug-likeness (QED) is 0.520. The number of aryl methyl sites for hydroxylation is 1. The average Bonchev–Trinajstić information content (AvgIpc) is 2.97. The summed E-state index contributed by atoms with van der Waals surface area (Å²) in [4.78, 5) is 52.1. The van der Waals surface area contributed by atoms with Gasteiger partial charge in [-0.15, -0.1) is 0 Å². The number of carbonyl (C=O) groups is 4. The second kappa shape index (κ2) is 9.54. The maximum Gasteiger partial charge on any atom is 0.339 e. The first-order chi connectivity index (χ1) is 16.3. The van der Waals surface area contributed by atoms with E-state index in [0.29, 0.717) is 29.6 Å². The number of amides is 5. The molecule has 0 radical (unpaired) electrons. The van der Waals surface area contributed by atoms with E-state index in [1.54, 1.807) is 24.3 Å². The van der Waals surface area contributed by atoms with Gasteiger partial charge in [0.15, 0.2) is 11.5 Å². The number of rotatable bonds is 6. The van der Waals surface area contributed by atoms with Gasteiger partial charge in [-0.3, -0.25) is 14.4 Å². The maximum atomic E-state index is 12.9. The van der Waals surface area contributed by atoms with Crippen LogP contribution in [0.25, 0.3) is 0 Å². The number of hydrogen-bond acceptors (Lipinski definition) is 6. The third-order valence-corrected chi connectivity index (χ3v) is 5.76. The molecule has 0 aliphatic carbocycles. The molecule has 1 saturated heterocycles. The number of hydrogen-bond donors (Lipinski definition) is 1. The third kappa shape index (κ3) is 4.59. The van der Waals surface area contributed by atoms with Gasteiger partial charge in [0.2, 0.25) is 5.91 Å². The van der Waals surface area contributed by atoms with Crippen LogP contribution in [0.1, 0.15) is 37.4 Å². The molecule has 5 amide bonds. The van der Waals surface area contributed by atoms with Crippen molar-refractivity contribution < 1.29 is 28.7 Å². The van der Waals surface area contributed by atoms with Crippen molar-refractivity contribution in [2.75, 3.05) is 24.7 Å². The second-order valence-corrected chi connectivity index (χ2v) is 8.70. The van der Waals surface area contributed by atoms with Crippen LogP contribution in [-0.4, -0.2) is 48.4 Å². The molecule has 0 saturated carbocycles. The van der Waals surface area contributed by atoms with Crippen LogP contribution in [0.5, 0.6) is 11.5 Å². The summed E-state index contributed by atoms with van der Waals surface area (Å²) in [5, 5.41) is 2.89. The van der Waals surface area contributed by atoms with E-state index in [1.807, 2.05) is 39.0 Å². The number of fused-ring (bicyclic) bond motifs is 1. The van der Waals surface area contributed by atoms with Gasteiger partial charge in [-0.2, -0.15) is 0 Å². The van der Waals surface area contributed by atoms with Crippen molar-refractivity contribution in [2.24, 2.45) is 5.92 Å². The Morgan fingerprint density at radius 3 is 2.32 bits per heavy atom. The normalized spacial score (nSPS) is 16.6. The molecule has 2 aliphatic heterocycles. The molecule has 2 aliphatic rings. The fourth-order valence-electron chi connectivity index (χ4n) is 3.94. The summed E-state index contributed by atoms with van der Waals surface area (Å²) < 4.78 is 11.4. The highest BCUT2D eigenvalue weighted by molar-refractivity contribution is 6.53. The van der Waals surface area contributed by atoms with Gasteiger partial charge < -0.3 is 14.8 Å². The average molecular weight is 466 g/mol. The SMILES string of the molecule is Cc1ccc(N2C(=O)C(=O)N(CC(=O)N[C@@H](c3ccc4c(c3)OCCCO4)C(C)C)C2=O)cc1. The molecular weight excluding hydrogens is 438 g/mol. The number of carbonyl (C=O) groups excluding carboxylic acids is 4. The lowest BCUT2D eigenvalue weighted by molar-refractivity contribution is -0.140. The molecule has 34 heavy (non-hydrogen) atoms. The summed E-state index contributed by atoms with van der Waals surface area (Å²) in [5.74, 6) is -1.30. The number of anilines is 1. The van der Waals surface area contributed by atoms with E-state index in [9.17, 15) is 19.2 Å². The Kier molecular flexibility index (Phi) is 6.54. The molecule has 1 N–H and O–H groups in total. The number of benzene rings is 2. The number of ether oxygens (including phenoxy) is 2. The Morgan fingerprint density at radius 1 is 0.971 bits per heavy atom. The van der Waals surface area contributed by atoms with Crippen molar-refractivity contribution in [2.45, 2.75) is 33.2 Å². The molecule has 0 bridgehead atoms. The third-order valence-electron chi connectivity index (χ3n) is 5.76. The summed E-state index contributed by atoms with van der Waals surface area (Å²) in [6.07, 6.45) is 0.782. The van der Waals surface area contributed by atoms with E-state index in [0.717, 1.165) is 22.4 Å². The lowest BCUT2D eigenvalue weighted by Gasteiger charge is -2.25. The van der Waals surface area contributed by atoms with Gasteiger partial charge in [-0.1, -0.05) is 37.6 Å². The molecule has 0 unspecified atom stereocenters. The van der Waals surface area contributed by atoms with Crippen molar-refractivity contribution >= 4 is 29.4 Å². The monoisotopic (exact) mass is 465 g/mol. The van der Waals surface area contributed by atoms with Gasteiger partial charge >= 0.3 is 17.8 Å². The molecule has 178 valence electrons. The van der Waals surface area contributed by atoms with Crippen LogP contribution >= 0.6 is 0 Å². The number of urea groups is 1. The van der Waals surface area contributed by atoms with Crippen molar-refractivity contribution in [3.8, 4) is 11.5 Å². The molecule has 4 rings (SSSR count). The van der Waals surface area contributed by atoms with E-state index >= 15 is 0 Å². The Hall–Kier alpha value is -3.88.